The minimum absolute atomic E-state index is 0.0996. The van der Waals surface area contributed by atoms with E-state index >= 15 is 0 Å². The van der Waals surface area contributed by atoms with E-state index in [-0.39, 0.29) is 30.3 Å². The second-order valence-electron chi connectivity index (χ2n) is 3.90. The number of nitrogens with one attached hydrogen (secondary N) is 1. The van der Waals surface area contributed by atoms with Crippen LogP contribution in [0, 0.1) is 0 Å². The molecule has 1 aromatic rings. The second kappa shape index (κ2) is 5.56. The molecule has 0 spiro atoms. The third kappa shape index (κ3) is 3.40. The summed E-state index contributed by atoms with van der Waals surface area (Å²) >= 11 is -0.295. The molecule has 0 heterocycles. The Kier molecular flexibility index (Phi) is 4.64. The van der Waals surface area contributed by atoms with E-state index in [1.54, 1.807) is 7.11 Å². The van der Waals surface area contributed by atoms with Gasteiger partial charge < -0.3 is 0 Å². The number of amides is 1. The average molecular weight is 335 g/mol. The molecule has 0 bridgehead atoms. The Morgan fingerprint density at radius 2 is 1.88 bits per heavy atom. The molecule has 88 valence electrons. The summed E-state index contributed by atoms with van der Waals surface area (Å²) in [5.74, 6) is 0.893. The van der Waals surface area contributed by atoms with Crippen molar-refractivity contribution in [2.45, 2.75) is 22.3 Å². The van der Waals surface area contributed by atoms with E-state index in [4.69, 9.17) is 4.74 Å². The molecule has 0 atom stereocenters. The Morgan fingerprint density at radius 3 is 2.31 bits per heavy atom. The first-order valence-electron chi connectivity index (χ1n) is 5.00. The molecule has 16 heavy (non-hydrogen) atoms. The average Bonchev–Trinajstić information content (AvgIpc) is 2.30. The summed E-state index contributed by atoms with van der Waals surface area (Å²) in [5.41, 5.74) is 0.819. The Hall–Kier alpha value is -0.720. The predicted octanol–water partition coefficient (Wildman–Crippen LogP) is 2.58. The molecule has 0 fully saturated rings. The number of rotatable bonds is 4. The van der Waals surface area contributed by atoms with Gasteiger partial charge in [-0.1, -0.05) is 0 Å². The van der Waals surface area contributed by atoms with E-state index in [0.29, 0.717) is 0 Å². The van der Waals surface area contributed by atoms with Gasteiger partial charge in [-0.05, 0) is 0 Å². The summed E-state index contributed by atoms with van der Waals surface area (Å²) in [6.45, 7) is 3.99. The maximum absolute atomic E-state index is 11.9. The van der Waals surface area contributed by atoms with Crippen molar-refractivity contribution < 1.29 is 9.53 Å². The molecule has 0 aliphatic carbocycles. The molecular formula is C12H17NO2Te. The number of methoxy groups -OCH3 is 1. The Balaban J connectivity index is 2.70. The first kappa shape index (κ1) is 13.3. The topological polar surface area (TPSA) is 38.3 Å². The van der Waals surface area contributed by atoms with Crippen molar-refractivity contribution in [1.29, 1.82) is 0 Å². The van der Waals surface area contributed by atoms with Crippen LogP contribution in [0.1, 0.15) is 13.8 Å². The zero-order valence-corrected chi connectivity index (χ0v) is 12.4. The second-order valence-corrected chi connectivity index (χ2v) is 7.98. The first-order chi connectivity index (χ1) is 7.49. The van der Waals surface area contributed by atoms with Gasteiger partial charge in [-0.3, -0.25) is 0 Å². The summed E-state index contributed by atoms with van der Waals surface area (Å²) in [6, 6.07) is 7.38. The van der Waals surface area contributed by atoms with Crippen molar-refractivity contribution in [3.05, 3.63) is 24.3 Å². The number of benzene rings is 1. The van der Waals surface area contributed by atoms with E-state index in [1.807, 2.05) is 38.1 Å². The normalized spacial score (nSPS) is 11.0. The zero-order valence-electron chi connectivity index (χ0n) is 10.0. The quantitative estimate of drug-likeness (QED) is 0.859. The van der Waals surface area contributed by atoms with Crippen LogP contribution in [-0.2, 0) is 4.79 Å². The molecular weight excluding hydrogens is 318 g/mol. The van der Waals surface area contributed by atoms with Crippen LogP contribution in [0.5, 0.6) is 5.75 Å². The van der Waals surface area contributed by atoms with Crippen molar-refractivity contribution in [3.63, 3.8) is 0 Å². The van der Waals surface area contributed by atoms with Crippen LogP contribution < -0.4 is 10.1 Å². The van der Waals surface area contributed by atoms with Crippen molar-refractivity contribution in [3.8, 4) is 5.75 Å². The molecule has 0 unspecified atom stereocenters. The number of hydrogen-bond donors (Lipinski definition) is 1. The standard InChI is InChI=1S/C12H17NO2Te/c1-12(2,16-4)11(14)13-9-5-7-10(15-3)8-6-9/h5-8H,1-4H3,(H,13,14). The van der Waals surface area contributed by atoms with E-state index in [1.165, 1.54) is 0 Å². The van der Waals surface area contributed by atoms with Gasteiger partial charge in [0, 0.05) is 0 Å². The summed E-state index contributed by atoms with van der Waals surface area (Å²) in [4.78, 5) is 14.0. The van der Waals surface area contributed by atoms with Crippen molar-refractivity contribution in [2.75, 3.05) is 12.4 Å². The third-order valence-electron chi connectivity index (χ3n) is 2.41. The van der Waals surface area contributed by atoms with Gasteiger partial charge in [0.15, 0.2) is 0 Å². The third-order valence-corrected chi connectivity index (χ3v) is 5.85. The van der Waals surface area contributed by atoms with Crippen LogP contribution in [0.2, 0.25) is 8.43 Å². The van der Waals surface area contributed by atoms with Crippen molar-refractivity contribution in [2.24, 2.45) is 0 Å². The Labute approximate surface area is 107 Å². The van der Waals surface area contributed by atoms with Crippen LogP contribution >= 0.6 is 0 Å². The molecule has 0 aliphatic heterocycles. The number of hydrogen-bond acceptors (Lipinski definition) is 2. The maximum atomic E-state index is 11.9. The Bertz CT molecular complexity index is 360. The van der Waals surface area contributed by atoms with Crippen LogP contribution in [0.15, 0.2) is 24.3 Å². The monoisotopic (exact) mass is 337 g/mol. The number of carbonyl (C=O) groups is 1. The number of ether oxygens (including phenoxy) is 1. The summed E-state index contributed by atoms with van der Waals surface area (Å²) in [6.07, 6.45) is 0. The molecule has 1 amide bonds. The van der Waals surface area contributed by atoms with Gasteiger partial charge in [-0.2, -0.15) is 0 Å². The molecule has 0 aliphatic rings. The van der Waals surface area contributed by atoms with Crippen LogP contribution in [0.3, 0.4) is 0 Å². The van der Waals surface area contributed by atoms with Gasteiger partial charge in [0.05, 0.1) is 0 Å². The van der Waals surface area contributed by atoms with Crippen molar-refractivity contribution >= 4 is 32.5 Å². The SMILES string of the molecule is COc1ccc(NC(=O)C(C)(C)[Te]C)cc1. The van der Waals surface area contributed by atoms with E-state index < -0.39 is 0 Å². The fourth-order valence-electron chi connectivity index (χ4n) is 1.05. The van der Waals surface area contributed by atoms with Crippen LogP contribution in [0.4, 0.5) is 5.69 Å². The van der Waals surface area contributed by atoms with Crippen molar-refractivity contribution in [1.82, 2.24) is 0 Å². The molecule has 1 rings (SSSR count). The molecule has 3 nitrogen and oxygen atoms in total. The molecule has 1 aromatic carbocycles. The van der Waals surface area contributed by atoms with Gasteiger partial charge in [-0.15, -0.1) is 0 Å². The van der Waals surface area contributed by atoms with Gasteiger partial charge in [-0.25, -0.2) is 0 Å². The molecule has 0 saturated heterocycles. The molecule has 0 radical (unpaired) electrons. The fraction of sp³-hybridized carbons (Fsp3) is 0.417. The first-order valence-corrected chi connectivity index (χ1v) is 8.50. The Morgan fingerprint density at radius 1 is 1.31 bits per heavy atom. The molecule has 0 aromatic heterocycles. The minimum atomic E-state index is -0.295. The molecule has 0 saturated carbocycles. The number of carbonyl (C=O) groups excluding carboxylic acids is 1. The van der Waals surface area contributed by atoms with Crippen LogP contribution in [0.25, 0.3) is 0 Å². The van der Waals surface area contributed by atoms with E-state index in [2.05, 4.69) is 10.3 Å². The van der Waals surface area contributed by atoms with Gasteiger partial charge in [0.2, 0.25) is 0 Å². The van der Waals surface area contributed by atoms with E-state index in [9.17, 15) is 4.79 Å². The number of anilines is 1. The predicted molar refractivity (Wildman–Crippen MR) is 67.3 cm³/mol. The molecule has 4 heteroatoms. The van der Waals surface area contributed by atoms with Crippen LogP contribution in [-0.4, -0.2) is 33.9 Å². The molecule has 1 N–H and O–H groups in total. The summed E-state index contributed by atoms with van der Waals surface area (Å²) in [7, 11) is 1.62. The fourth-order valence-corrected chi connectivity index (χ4v) is 1.72. The van der Waals surface area contributed by atoms with Gasteiger partial charge in [0.1, 0.15) is 0 Å². The van der Waals surface area contributed by atoms with E-state index in [0.717, 1.165) is 11.4 Å². The summed E-state index contributed by atoms with van der Waals surface area (Å²) < 4.78 is 4.85. The zero-order chi connectivity index (χ0) is 12.2. The van der Waals surface area contributed by atoms with Gasteiger partial charge in [0.25, 0.3) is 0 Å². The summed E-state index contributed by atoms with van der Waals surface area (Å²) in [5, 5.41) is 2.92. The van der Waals surface area contributed by atoms with Gasteiger partial charge >= 0.3 is 107 Å².